The fourth-order valence-electron chi connectivity index (χ4n) is 3.47. The quantitative estimate of drug-likeness (QED) is 0.916. The number of carbonyl (C=O) groups is 1. The molecule has 0 saturated carbocycles. The molecule has 1 aromatic carbocycles. The third-order valence-corrected chi connectivity index (χ3v) is 4.81. The van der Waals surface area contributed by atoms with Gasteiger partial charge in [-0.25, -0.2) is 0 Å². The smallest absolute Gasteiger partial charge is 0.252 e. The summed E-state index contributed by atoms with van der Waals surface area (Å²) in [4.78, 5) is 16.4. The number of nitrogens with zero attached hydrogens (tertiary/aromatic N) is 2. The van der Waals surface area contributed by atoms with Crippen LogP contribution in [0.25, 0.3) is 0 Å². The fourth-order valence-corrected chi connectivity index (χ4v) is 3.47. The van der Waals surface area contributed by atoms with Crippen LogP contribution in [-0.4, -0.2) is 52.6 Å². The van der Waals surface area contributed by atoms with Crippen LogP contribution >= 0.6 is 0 Å². The van der Waals surface area contributed by atoms with Crippen LogP contribution in [-0.2, 0) is 11.3 Å². The first-order valence-corrected chi connectivity index (χ1v) is 7.90. The highest BCUT2D eigenvalue weighted by molar-refractivity contribution is 5.83. The SMILES string of the molecule is C[C@H]1CN(C2CCN(Cc3ccccc3)CC2)C(=O)[C@@H]1O. The topological polar surface area (TPSA) is 43.8 Å². The van der Waals surface area contributed by atoms with Crippen LogP contribution in [0.15, 0.2) is 30.3 Å². The number of aliphatic hydroxyl groups is 1. The summed E-state index contributed by atoms with van der Waals surface area (Å²) in [6, 6.07) is 10.8. The summed E-state index contributed by atoms with van der Waals surface area (Å²) >= 11 is 0. The molecule has 4 heteroatoms. The van der Waals surface area contributed by atoms with Gasteiger partial charge in [0.1, 0.15) is 6.10 Å². The van der Waals surface area contributed by atoms with Crippen LogP contribution in [0.3, 0.4) is 0 Å². The van der Waals surface area contributed by atoms with E-state index in [1.54, 1.807) is 0 Å². The highest BCUT2D eigenvalue weighted by Gasteiger charge is 2.40. The number of amides is 1. The Hall–Kier alpha value is -1.39. The lowest BCUT2D eigenvalue weighted by atomic mass is 10.0. The minimum absolute atomic E-state index is 0.0657. The number of aliphatic hydroxyl groups excluding tert-OH is 1. The molecule has 114 valence electrons. The molecule has 4 nitrogen and oxygen atoms in total. The molecule has 0 radical (unpaired) electrons. The molecular formula is C17H24N2O2. The Morgan fingerprint density at radius 3 is 2.43 bits per heavy atom. The van der Waals surface area contributed by atoms with Crippen molar-refractivity contribution < 1.29 is 9.90 Å². The van der Waals surface area contributed by atoms with E-state index in [4.69, 9.17) is 0 Å². The second kappa shape index (κ2) is 6.16. The monoisotopic (exact) mass is 288 g/mol. The van der Waals surface area contributed by atoms with E-state index in [-0.39, 0.29) is 11.8 Å². The number of hydrogen-bond acceptors (Lipinski definition) is 3. The Morgan fingerprint density at radius 2 is 1.86 bits per heavy atom. The van der Waals surface area contributed by atoms with Crippen molar-refractivity contribution in [3.8, 4) is 0 Å². The van der Waals surface area contributed by atoms with Gasteiger partial charge in [-0.15, -0.1) is 0 Å². The average Bonchev–Trinajstić information content (AvgIpc) is 2.77. The molecule has 0 aromatic heterocycles. The average molecular weight is 288 g/mol. The molecule has 0 unspecified atom stereocenters. The Balaban J connectivity index is 1.53. The van der Waals surface area contributed by atoms with Crippen molar-refractivity contribution in [1.82, 2.24) is 9.80 Å². The molecule has 2 aliphatic heterocycles. The van der Waals surface area contributed by atoms with E-state index in [1.165, 1.54) is 5.56 Å². The van der Waals surface area contributed by atoms with Gasteiger partial charge in [0.2, 0.25) is 0 Å². The molecule has 1 amide bonds. The maximum atomic E-state index is 12.0. The van der Waals surface area contributed by atoms with E-state index in [0.717, 1.165) is 32.5 Å². The largest absolute Gasteiger partial charge is 0.383 e. The maximum Gasteiger partial charge on any atom is 0.252 e. The molecule has 2 heterocycles. The lowest BCUT2D eigenvalue weighted by Crippen LogP contribution is -2.46. The van der Waals surface area contributed by atoms with Crippen molar-refractivity contribution in [3.05, 3.63) is 35.9 Å². The van der Waals surface area contributed by atoms with Gasteiger partial charge in [0, 0.05) is 38.1 Å². The molecule has 1 aromatic rings. The van der Waals surface area contributed by atoms with Gasteiger partial charge in [0.25, 0.3) is 5.91 Å². The lowest BCUT2D eigenvalue weighted by Gasteiger charge is -2.36. The van der Waals surface area contributed by atoms with Gasteiger partial charge in [-0.1, -0.05) is 37.3 Å². The predicted molar refractivity (Wildman–Crippen MR) is 81.6 cm³/mol. The third-order valence-electron chi connectivity index (χ3n) is 4.81. The molecule has 21 heavy (non-hydrogen) atoms. The fraction of sp³-hybridized carbons (Fsp3) is 0.588. The number of piperidine rings is 1. The highest BCUT2D eigenvalue weighted by atomic mass is 16.3. The maximum absolute atomic E-state index is 12.0. The van der Waals surface area contributed by atoms with Gasteiger partial charge in [-0.3, -0.25) is 9.69 Å². The molecule has 2 fully saturated rings. The van der Waals surface area contributed by atoms with Crippen LogP contribution < -0.4 is 0 Å². The second-order valence-corrected chi connectivity index (χ2v) is 6.41. The van der Waals surface area contributed by atoms with E-state index >= 15 is 0 Å². The van der Waals surface area contributed by atoms with Crippen LogP contribution in [0.2, 0.25) is 0 Å². The van der Waals surface area contributed by atoms with E-state index < -0.39 is 6.10 Å². The van der Waals surface area contributed by atoms with E-state index in [9.17, 15) is 9.90 Å². The van der Waals surface area contributed by atoms with Gasteiger partial charge in [0.05, 0.1) is 0 Å². The number of hydrogen-bond donors (Lipinski definition) is 1. The van der Waals surface area contributed by atoms with Gasteiger partial charge in [0.15, 0.2) is 0 Å². The van der Waals surface area contributed by atoms with Crippen LogP contribution in [0, 0.1) is 5.92 Å². The molecule has 0 aliphatic carbocycles. The van der Waals surface area contributed by atoms with Crippen molar-refractivity contribution in [3.63, 3.8) is 0 Å². The molecule has 2 atom stereocenters. The van der Waals surface area contributed by atoms with Gasteiger partial charge < -0.3 is 10.0 Å². The molecular weight excluding hydrogens is 264 g/mol. The highest BCUT2D eigenvalue weighted by Crippen LogP contribution is 2.26. The summed E-state index contributed by atoms with van der Waals surface area (Å²) in [5.74, 6) is 0.00357. The normalized spacial score (nSPS) is 28.3. The van der Waals surface area contributed by atoms with Crippen molar-refractivity contribution in [2.24, 2.45) is 5.92 Å². The zero-order valence-corrected chi connectivity index (χ0v) is 12.6. The first-order chi connectivity index (χ1) is 10.1. The van der Waals surface area contributed by atoms with Crippen molar-refractivity contribution in [2.75, 3.05) is 19.6 Å². The summed E-state index contributed by atoms with van der Waals surface area (Å²) in [7, 11) is 0. The van der Waals surface area contributed by atoms with Crippen LogP contribution in [0.1, 0.15) is 25.3 Å². The number of benzene rings is 1. The number of likely N-dealkylation sites (tertiary alicyclic amines) is 2. The zero-order valence-electron chi connectivity index (χ0n) is 12.6. The Kier molecular flexibility index (Phi) is 4.27. The van der Waals surface area contributed by atoms with E-state index in [0.29, 0.717) is 12.6 Å². The van der Waals surface area contributed by atoms with E-state index in [2.05, 4.69) is 29.2 Å². The summed E-state index contributed by atoms with van der Waals surface area (Å²) in [6.45, 7) is 5.69. The van der Waals surface area contributed by atoms with Crippen LogP contribution in [0.4, 0.5) is 0 Å². The van der Waals surface area contributed by atoms with Crippen LogP contribution in [0.5, 0.6) is 0 Å². The van der Waals surface area contributed by atoms with Crippen molar-refractivity contribution >= 4 is 5.91 Å². The van der Waals surface area contributed by atoms with Crippen molar-refractivity contribution in [1.29, 1.82) is 0 Å². The second-order valence-electron chi connectivity index (χ2n) is 6.41. The molecule has 1 N–H and O–H groups in total. The minimum Gasteiger partial charge on any atom is -0.383 e. The van der Waals surface area contributed by atoms with Gasteiger partial charge >= 0.3 is 0 Å². The van der Waals surface area contributed by atoms with E-state index in [1.807, 2.05) is 17.9 Å². The summed E-state index contributed by atoms with van der Waals surface area (Å²) in [5, 5.41) is 9.81. The Morgan fingerprint density at radius 1 is 1.19 bits per heavy atom. The molecule has 0 bridgehead atoms. The molecule has 2 aliphatic rings. The summed E-state index contributed by atoms with van der Waals surface area (Å²) in [5.41, 5.74) is 1.34. The number of carbonyl (C=O) groups excluding carboxylic acids is 1. The lowest BCUT2D eigenvalue weighted by molar-refractivity contribution is -0.137. The Bertz CT molecular complexity index is 483. The molecule has 2 saturated heterocycles. The first kappa shape index (κ1) is 14.5. The predicted octanol–water partition coefficient (Wildman–Crippen LogP) is 1.49. The summed E-state index contributed by atoms with van der Waals surface area (Å²) in [6.07, 6.45) is 1.24. The van der Waals surface area contributed by atoms with Gasteiger partial charge in [-0.05, 0) is 18.4 Å². The number of rotatable bonds is 3. The minimum atomic E-state index is -0.785. The zero-order chi connectivity index (χ0) is 14.8. The van der Waals surface area contributed by atoms with Gasteiger partial charge in [-0.2, -0.15) is 0 Å². The van der Waals surface area contributed by atoms with Crippen molar-refractivity contribution in [2.45, 2.75) is 38.5 Å². The molecule has 3 rings (SSSR count). The standard InChI is InChI=1S/C17H24N2O2/c1-13-11-19(17(21)16(13)20)15-7-9-18(10-8-15)12-14-5-3-2-4-6-14/h2-6,13,15-16,20H,7-12H2,1H3/t13-,16+/m0/s1. The Labute approximate surface area is 126 Å². The first-order valence-electron chi connectivity index (χ1n) is 7.90. The molecule has 0 spiro atoms. The summed E-state index contributed by atoms with van der Waals surface area (Å²) < 4.78 is 0. The third kappa shape index (κ3) is 3.11.